The first kappa shape index (κ1) is 20.0. The maximum absolute atomic E-state index is 12.5. The standard InChI is InChI=1S/C19H29ClN2O2Si/c1-14(2)19(3,4)25(5,6)24-13-22-12-16(20)17(21-18(22)23)15-10-8-7-9-11-15/h7-12,14,17H,13H2,1-6H3,(H,21,23). The summed E-state index contributed by atoms with van der Waals surface area (Å²) in [6.07, 6.45) is 1.69. The van der Waals surface area contributed by atoms with Gasteiger partial charge in [0.1, 0.15) is 6.73 Å². The van der Waals surface area contributed by atoms with Crippen LogP contribution in [-0.4, -0.2) is 26.0 Å². The summed E-state index contributed by atoms with van der Waals surface area (Å²) in [6.45, 7) is 13.5. The number of nitrogens with zero attached hydrogens (tertiary/aromatic N) is 1. The van der Waals surface area contributed by atoms with Crippen LogP contribution in [0.15, 0.2) is 41.6 Å². The maximum atomic E-state index is 12.5. The van der Waals surface area contributed by atoms with Crippen molar-refractivity contribution in [2.75, 3.05) is 6.73 Å². The van der Waals surface area contributed by atoms with Gasteiger partial charge in [0.25, 0.3) is 0 Å². The highest BCUT2D eigenvalue weighted by molar-refractivity contribution is 6.74. The number of urea groups is 1. The normalized spacial score (nSPS) is 19.0. The van der Waals surface area contributed by atoms with Crippen molar-refractivity contribution >= 4 is 25.9 Å². The molecule has 0 saturated carbocycles. The zero-order valence-electron chi connectivity index (χ0n) is 16.0. The number of hydrogen-bond acceptors (Lipinski definition) is 2. The fourth-order valence-corrected chi connectivity index (χ4v) is 5.18. The van der Waals surface area contributed by atoms with Crippen molar-refractivity contribution in [3.8, 4) is 0 Å². The van der Waals surface area contributed by atoms with E-state index in [-0.39, 0.29) is 23.8 Å². The number of nitrogens with one attached hydrogen (secondary N) is 1. The van der Waals surface area contributed by atoms with Gasteiger partial charge in [0, 0.05) is 6.20 Å². The van der Waals surface area contributed by atoms with Gasteiger partial charge in [-0.05, 0) is 29.6 Å². The summed E-state index contributed by atoms with van der Waals surface area (Å²) in [5.74, 6) is 0.506. The highest BCUT2D eigenvalue weighted by Crippen LogP contribution is 2.44. The second-order valence-electron chi connectivity index (χ2n) is 7.94. The Kier molecular flexibility index (Phi) is 6.02. The first-order valence-corrected chi connectivity index (χ1v) is 12.0. The summed E-state index contributed by atoms with van der Waals surface area (Å²) in [6, 6.07) is 9.22. The number of halogens is 1. The average molecular weight is 381 g/mol. The molecule has 1 N–H and O–H groups in total. The molecule has 1 aliphatic rings. The fraction of sp³-hybridized carbons (Fsp3) is 0.526. The molecule has 1 aliphatic heterocycles. The minimum absolute atomic E-state index is 0.0966. The lowest BCUT2D eigenvalue weighted by Crippen LogP contribution is -2.50. The molecule has 0 fully saturated rings. The van der Waals surface area contributed by atoms with E-state index in [9.17, 15) is 4.79 Å². The lowest BCUT2D eigenvalue weighted by Gasteiger charge is -2.43. The predicted molar refractivity (Wildman–Crippen MR) is 106 cm³/mol. The van der Waals surface area contributed by atoms with E-state index in [1.165, 1.54) is 4.90 Å². The van der Waals surface area contributed by atoms with Crippen molar-refractivity contribution in [2.24, 2.45) is 5.92 Å². The van der Waals surface area contributed by atoms with Crippen LogP contribution in [-0.2, 0) is 4.43 Å². The van der Waals surface area contributed by atoms with Crippen LogP contribution in [0.25, 0.3) is 0 Å². The molecule has 0 radical (unpaired) electrons. The molecule has 1 heterocycles. The molecule has 6 heteroatoms. The number of rotatable bonds is 6. The Hall–Kier alpha value is -1.30. The lowest BCUT2D eigenvalue weighted by atomic mass is 9.99. The van der Waals surface area contributed by atoms with E-state index in [2.05, 4.69) is 46.1 Å². The zero-order valence-corrected chi connectivity index (χ0v) is 17.7. The van der Waals surface area contributed by atoms with Gasteiger partial charge in [-0.15, -0.1) is 0 Å². The quantitative estimate of drug-likeness (QED) is 0.667. The Morgan fingerprint density at radius 1 is 1.28 bits per heavy atom. The second kappa shape index (κ2) is 7.52. The van der Waals surface area contributed by atoms with E-state index in [0.717, 1.165) is 5.56 Å². The van der Waals surface area contributed by atoms with Crippen LogP contribution in [0.4, 0.5) is 4.79 Å². The second-order valence-corrected chi connectivity index (χ2v) is 13.0. The molecule has 0 saturated heterocycles. The Balaban J connectivity index is 2.09. The van der Waals surface area contributed by atoms with Crippen LogP contribution in [0.5, 0.6) is 0 Å². The predicted octanol–water partition coefficient (Wildman–Crippen LogP) is 5.45. The topological polar surface area (TPSA) is 41.6 Å². The van der Waals surface area contributed by atoms with Crippen molar-refractivity contribution in [3.05, 3.63) is 47.1 Å². The van der Waals surface area contributed by atoms with Crippen molar-refractivity contribution in [1.82, 2.24) is 10.2 Å². The van der Waals surface area contributed by atoms with E-state index >= 15 is 0 Å². The Labute approximate surface area is 157 Å². The van der Waals surface area contributed by atoms with Crippen LogP contribution < -0.4 is 5.32 Å². The summed E-state index contributed by atoms with van der Waals surface area (Å²) in [4.78, 5) is 14.0. The molecular formula is C19H29ClN2O2Si. The van der Waals surface area contributed by atoms with Gasteiger partial charge in [-0.25, -0.2) is 4.79 Å². The number of carbonyl (C=O) groups is 1. The average Bonchev–Trinajstić information content (AvgIpc) is 2.55. The van der Waals surface area contributed by atoms with E-state index in [1.54, 1.807) is 6.20 Å². The Morgan fingerprint density at radius 3 is 2.44 bits per heavy atom. The number of amides is 2. The molecule has 1 aromatic rings. The lowest BCUT2D eigenvalue weighted by molar-refractivity contribution is 0.147. The van der Waals surface area contributed by atoms with E-state index in [4.69, 9.17) is 16.0 Å². The van der Waals surface area contributed by atoms with Crippen LogP contribution in [0.1, 0.15) is 39.3 Å². The van der Waals surface area contributed by atoms with Gasteiger partial charge in [-0.3, -0.25) is 4.90 Å². The number of hydrogen-bond donors (Lipinski definition) is 1. The highest BCUT2D eigenvalue weighted by Gasteiger charge is 2.43. The van der Waals surface area contributed by atoms with Gasteiger partial charge in [0.15, 0.2) is 8.32 Å². The molecule has 1 unspecified atom stereocenters. The van der Waals surface area contributed by atoms with Crippen LogP contribution in [0.2, 0.25) is 18.1 Å². The van der Waals surface area contributed by atoms with Crippen LogP contribution >= 0.6 is 11.6 Å². The van der Waals surface area contributed by atoms with Crippen molar-refractivity contribution in [2.45, 2.75) is 51.9 Å². The van der Waals surface area contributed by atoms with Gasteiger partial charge in [-0.2, -0.15) is 0 Å². The summed E-state index contributed by atoms with van der Waals surface area (Å²) < 4.78 is 6.26. The summed E-state index contributed by atoms with van der Waals surface area (Å²) >= 11 is 6.43. The molecule has 4 nitrogen and oxygen atoms in total. The van der Waals surface area contributed by atoms with Gasteiger partial charge < -0.3 is 9.74 Å². The molecule has 0 aliphatic carbocycles. The third-order valence-corrected chi connectivity index (χ3v) is 10.6. The van der Waals surface area contributed by atoms with Gasteiger partial charge in [0.05, 0.1) is 11.1 Å². The van der Waals surface area contributed by atoms with Gasteiger partial charge in [0.2, 0.25) is 0 Å². The summed E-state index contributed by atoms with van der Waals surface area (Å²) in [5.41, 5.74) is 0.966. The number of carbonyl (C=O) groups excluding carboxylic acids is 1. The molecule has 0 spiro atoms. The molecule has 0 bridgehead atoms. The fourth-order valence-electron chi connectivity index (χ4n) is 2.65. The molecule has 1 atom stereocenters. The van der Waals surface area contributed by atoms with E-state index < -0.39 is 8.32 Å². The third kappa shape index (κ3) is 4.27. The molecule has 25 heavy (non-hydrogen) atoms. The molecule has 138 valence electrons. The molecule has 1 aromatic carbocycles. The molecule has 2 amide bonds. The van der Waals surface area contributed by atoms with Crippen molar-refractivity contribution in [3.63, 3.8) is 0 Å². The molecule has 0 aromatic heterocycles. The van der Waals surface area contributed by atoms with Gasteiger partial charge >= 0.3 is 6.03 Å². The highest BCUT2D eigenvalue weighted by atomic mass is 35.5. The molecular weight excluding hydrogens is 352 g/mol. The Bertz CT molecular complexity index is 644. The first-order valence-electron chi connectivity index (χ1n) is 8.69. The molecule has 2 rings (SSSR count). The van der Waals surface area contributed by atoms with Crippen LogP contribution in [0.3, 0.4) is 0 Å². The minimum Gasteiger partial charge on any atom is -0.399 e. The third-order valence-electron chi connectivity index (χ3n) is 5.78. The zero-order chi connectivity index (χ0) is 18.8. The SMILES string of the molecule is CC(C)C(C)(C)[Si](C)(C)OCN1C=C(Cl)C(c2ccccc2)NC1=O. The smallest absolute Gasteiger partial charge is 0.324 e. The van der Waals surface area contributed by atoms with Crippen molar-refractivity contribution < 1.29 is 9.22 Å². The maximum Gasteiger partial charge on any atom is 0.324 e. The Morgan fingerprint density at radius 2 is 1.88 bits per heavy atom. The first-order chi connectivity index (χ1) is 11.6. The van der Waals surface area contributed by atoms with Crippen LogP contribution in [0, 0.1) is 5.92 Å². The minimum atomic E-state index is -2.00. The summed E-state index contributed by atoms with van der Waals surface area (Å²) in [5, 5.41) is 3.63. The number of benzene rings is 1. The van der Waals surface area contributed by atoms with Gasteiger partial charge in [-0.1, -0.05) is 69.6 Å². The monoisotopic (exact) mass is 380 g/mol. The largest absolute Gasteiger partial charge is 0.399 e. The summed E-state index contributed by atoms with van der Waals surface area (Å²) in [7, 11) is -2.00. The van der Waals surface area contributed by atoms with E-state index in [1.807, 2.05) is 30.3 Å². The van der Waals surface area contributed by atoms with E-state index in [0.29, 0.717) is 11.0 Å². The van der Waals surface area contributed by atoms with Crippen molar-refractivity contribution in [1.29, 1.82) is 0 Å².